The van der Waals surface area contributed by atoms with Crippen LogP contribution >= 0.6 is 11.3 Å². The Morgan fingerprint density at radius 1 is 1.69 bits per heavy atom. The maximum Gasteiger partial charge on any atom is 0.0477 e. The summed E-state index contributed by atoms with van der Waals surface area (Å²) >= 11 is 1.84. The van der Waals surface area contributed by atoms with Crippen LogP contribution in [-0.2, 0) is 6.42 Å². The molecule has 0 amide bonds. The lowest BCUT2D eigenvalue weighted by Crippen LogP contribution is -2.31. The maximum atomic E-state index is 9.22. The highest BCUT2D eigenvalue weighted by molar-refractivity contribution is 7.10. The largest absolute Gasteiger partial charge is 0.396 e. The summed E-state index contributed by atoms with van der Waals surface area (Å²) in [4.78, 5) is 1.49. The number of fused-ring (bicyclic) bond motifs is 1. The number of hydrogen-bond acceptors (Lipinski definition) is 3. The Kier molecular flexibility index (Phi) is 2.67. The Morgan fingerprint density at radius 3 is 3.23 bits per heavy atom. The van der Waals surface area contributed by atoms with Crippen molar-refractivity contribution in [2.24, 2.45) is 5.92 Å². The van der Waals surface area contributed by atoms with E-state index in [2.05, 4.69) is 16.8 Å². The Morgan fingerprint density at radius 2 is 2.54 bits per heavy atom. The standard InChI is InChI=1S/C10H15NOS/c1-11-10-7(6-12)2-3-9-8(10)4-5-13-9/h4-5,7,10-12H,2-3,6H2,1H3. The van der Waals surface area contributed by atoms with Crippen molar-refractivity contribution in [1.82, 2.24) is 5.32 Å². The predicted octanol–water partition coefficient (Wildman–Crippen LogP) is 1.56. The van der Waals surface area contributed by atoms with Gasteiger partial charge in [0.25, 0.3) is 0 Å². The molecule has 0 saturated carbocycles. The van der Waals surface area contributed by atoms with Crippen LogP contribution < -0.4 is 5.32 Å². The summed E-state index contributed by atoms with van der Waals surface area (Å²) in [5, 5.41) is 14.7. The third-order valence-corrected chi connectivity index (χ3v) is 3.87. The summed E-state index contributed by atoms with van der Waals surface area (Å²) < 4.78 is 0. The molecule has 2 unspecified atom stereocenters. The quantitative estimate of drug-likeness (QED) is 0.754. The van der Waals surface area contributed by atoms with Crippen LogP contribution in [0.5, 0.6) is 0 Å². The van der Waals surface area contributed by atoms with Crippen LogP contribution in [0.2, 0.25) is 0 Å². The van der Waals surface area contributed by atoms with Crippen LogP contribution in [0.15, 0.2) is 11.4 Å². The number of thiophene rings is 1. The molecular weight excluding hydrogens is 182 g/mol. The van der Waals surface area contributed by atoms with Crippen LogP contribution in [0.3, 0.4) is 0 Å². The highest BCUT2D eigenvalue weighted by atomic mass is 32.1. The molecule has 2 atom stereocenters. The zero-order valence-electron chi connectivity index (χ0n) is 7.79. The number of hydrogen-bond donors (Lipinski definition) is 2. The molecule has 72 valence electrons. The highest BCUT2D eigenvalue weighted by Gasteiger charge is 2.28. The maximum absolute atomic E-state index is 9.22. The van der Waals surface area contributed by atoms with E-state index in [1.54, 1.807) is 0 Å². The van der Waals surface area contributed by atoms with Crippen LogP contribution in [0.1, 0.15) is 22.9 Å². The number of aliphatic hydroxyl groups excluding tert-OH is 1. The van der Waals surface area contributed by atoms with Crippen molar-refractivity contribution in [2.45, 2.75) is 18.9 Å². The lowest BCUT2D eigenvalue weighted by atomic mass is 9.84. The molecule has 3 heteroatoms. The second-order valence-corrected chi connectivity index (χ2v) is 4.55. The minimum absolute atomic E-state index is 0.292. The normalized spacial score (nSPS) is 27.2. The molecule has 2 nitrogen and oxygen atoms in total. The van der Waals surface area contributed by atoms with Crippen LogP contribution in [0.25, 0.3) is 0 Å². The number of rotatable bonds is 2. The van der Waals surface area contributed by atoms with Gasteiger partial charge in [0.2, 0.25) is 0 Å². The van der Waals surface area contributed by atoms with Gasteiger partial charge in [0, 0.05) is 23.4 Å². The van der Waals surface area contributed by atoms with Gasteiger partial charge in [-0.1, -0.05) is 0 Å². The van der Waals surface area contributed by atoms with E-state index >= 15 is 0 Å². The van der Waals surface area contributed by atoms with Crippen molar-refractivity contribution in [1.29, 1.82) is 0 Å². The third-order valence-electron chi connectivity index (χ3n) is 2.87. The van der Waals surface area contributed by atoms with Gasteiger partial charge in [-0.2, -0.15) is 0 Å². The van der Waals surface area contributed by atoms with Crippen LogP contribution in [0.4, 0.5) is 0 Å². The van der Waals surface area contributed by atoms with Gasteiger partial charge in [-0.3, -0.25) is 0 Å². The van der Waals surface area contributed by atoms with E-state index in [0.717, 1.165) is 12.8 Å². The molecule has 0 aromatic carbocycles. The smallest absolute Gasteiger partial charge is 0.0477 e. The Balaban J connectivity index is 2.29. The van der Waals surface area contributed by atoms with Crippen molar-refractivity contribution in [3.8, 4) is 0 Å². The van der Waals surface area contributed by atoms with Crippen molar-refractivity contribution in [2.75, 3.05) is 13.7 Å². The summed E-state index contributed by atoms with van der Waals surface area (Å²) in [5.41, 5.74) is 1.40. The van der Waals surface area contributed by atoms with Gasteiger partial charge < -0.3 is 10.4 Å². The molecule has 1 aromatic heterocycles. The summed E-state index contributed by atoms with van der Waals surface area (Å²) in [7, 11) is 1.97. The van der Waals surface area contributed by atoms with Gasteiger partial charge in [-0.15, -0.1) is 11.3 Å². The second-order valence-electron chi connectivity index (χ2n) is 3.55. The third kappa shape index (κ3) is 1.52. The summed E-state index contributed by atoms with van der Waals surface area (Å²) in [6.45, 7) is 0.292. The van der Waals surface area contributed by atoms with E-state index in [-0.39, 0.29) is 0 Å². The minimum Gasteiger partial charge on any atom is -0.396 e. The fourth-order valence-electron chi connectivity index (χ4n) is 2.16. The average Bonchev–Trinajstić information content (AvgIpc) is 2.63. The molecular formula is C10H15NOS. The molecule has 0 saturated heterocycles. The monoisotopic (exact) mass is 197 g/mol. The molecule has 0 fully saturated rings. The zero-order valence-corrected chi connectivity index (χ0v) is 8.60. The average molecular weight is 197 g/mol. The van der Waals surface area contributed by atoms with Crippen molar-refractivity contribution in [3.05, 3.63) is 21.9 Å². The van der Waals surface area contributed by atoms with Gasteiger partial charge >= 0.3 is 0 Å². The molecule has 0 bridgehead atoms. The second kappa shape index (κ2) is 3.78. The number of aliphatic hydroxyl groups is 1. The first-order valence-corrected chi connectivity index (χ1v) is 5.59. The molecule has 1 aromatic rings. The van der Waals surface area contributed by atoms with E-state index in [9.17, 15) is 5.11 Å². The van der Waals surface area contributed by atoms with Crippen molar-refractivity contribution >= 4 is 11.3 Å². The van der Waals surface area contributed by atoms with E-state index < -0.39 is 0 Å². The molecule has 2 rings (SSSR count). The summed E-state index contributed by atoms with van der Waals surface area (Å²) in [6.07, 6.45) is 2.24. The van der Waals surface area contributed by atoms with Gasteiger partial charge in [0.05, 0.1) is 0 Å². The van der Waals surface area contributed by atoms with E-state index in [1.807, 2.05) is 18.4 Å². The van der Waals surface area contributed by atoms with Gasteiger partial charge in [0.1, 0.15) is 0 Å². The predicted molar refractivity (Wildman–Crippen MR) is 55.0 cm³/mol. The number of aryl methyl sites for hydroxylation is 1. The lowest BCUT2D eigenvalue weighted by Gasteiger charge is -2.30. The SMILES string of the molecule is CNC1c2ccsc2CCC1CO. The topological polar surface area (TPSA) is 32.3 Å². The summed E-state index contributed by atoms with van der Waals surface area (Å²) in [6, 6.07) is 2.54. The molecule has 13 heavy (non-hydrogen) atoms. The first-order chi connectivity index (χ1) is 6.36. The van der Waals surface area contributed by atoms with E-state index in [4.69, 9.17) is 0 Å². The van der Waals surface area contributed by atoms with Crippen molar-refractivity contribution in [3.63, 3.8) is 0 Å². The Labute approximate surface area is 82.6 Å². The Bertz CT molecular complexity index is 284. The van der Waals surface area contributed by atoms with Crippen molar-refractivity contribution < 1.29 is 5.11 Å². The first kappa shape index (κ1) is 9.19. The Hall–Kier alpha value is -0.380. The van der Waals surface area contributed by atoms with Gasteiger partial charge in [-0.25, -0.2) is 0 Å². The lowest BCUT2D eigenvalue weighted by molar-refractivity contribution is 0.179. The highest BCUT2D eigenvalue weighted by Crippen LogP contribution is 2.36. The molecule has 2 N–H and O–H groups in total. The molecule has 1 heterocycles. The number of nitrogens with one attached hydrogen (secondary N) is 1. The van der Waals surface area contributed by atoms with Gasteiger partial charge in [-0.05, 0) is 36.9 Å². The summed E-state index contributed by atoms with van der Waals surface area (Å²) in [5.74, 6) is 0.395. The zero-order chi connectivity index (χ0) is 9.26. The molecule has 1 aliphatic carbocycles. The van der Waals surface area contributed by atoms with E-state index in [0.29, 0.717) is 18.6 Å². The van der Waals surface area contributed by atoms with E-state index in [1.165, 1.54) is 10.4 Å². The fraction of sp³-hybridized carbons (Fsp3) is 0.600. The fourth-order valence-corrected chi connectivity index (χ4v) is 3.10. The van der Waals surface area contributed by atoms with Crippen LogP contribution in [-0.4, -0.2) is 18.8 Å². The first-order valence-electron chi connectivity index (χ1n) is 4.71. The molecule has 1 aliphatic rings. The molecule has 0 radical (unpaired) electrons. The minimum atomic E-state index is 0.292. The molecule has 0 spiro atoms. The van der Waals surface area contributed by atoms with Crippen LogP contribution in [0, 0.1) is 5.92 Å². The molecule has 0 aliphatic heterocycles. The van der Waals surface area contributed by atoms with Gasteiger partial charge in [0.15, 0.2) is 0 Å².